The highest BCUT2D eigenvalue weighted by molar-refractivity contribution is 9.10. The fraction of sp³-hybridized carbons (Fsp3) is 0.294. The summed E-state index contributed by atoms with van der Waals surface area (Å²) in [5.41, 5.74) is 3.62. The van der Waals surface area contributed by atoms with Crippen LogP contribution in [0.25, 0.3) is 0 Å². The molecule has 0 aliphatic heterocycles. The van der Waals surface area contributed by atoms with Gasteiger partial charge in [-0.2, -0.15) is 0 Å². The number of hydrogen-bond donors (Lipinski definition) is 1. The third-order valence-corrected chi connectivity index (χ3v) is 3.53. The summed E-state index contributed by atoms with van der Waals surface area (Å²) in [6, 6.07) is 14.6. The topological polar surface area (TPSA) is 21.3 Å². The van der Waals surface area contributed by atoms with Gasteiger partial charge in [-0.25, -0.2) is 0 Å². The van der Waals surface area contributed by atoms with Gasteiger partial charge in [0.2, 0.25) is 0 Å². The van der Waals surface area contributed by atoms with Gasteiger partial charge in [-0.3, -0.25) is 0 Å². The largest absolute Gasteiger partial charge is 0.490 e. The van der Waals surface area contributed by atoms with E-state index in [2.05, 4.69) is 64.6 Å². The SMILES string of the molecule is Cc1ccc(NCc2ccc(OC(C)C)c(Br)c2)cc1. The predicted octanol–water partition coefficient (Wildman–Crippen LogP) is 5.16. The van der Waals surface area contributed by atoms with Crippen LogP contribution < -0.4 is 10.1 Å². The van der Waals surface area contributed by atoms with E-state index in [1.807, 2.05) is 19.9 Å². The minimum Gasteiger partial charge on any atom is -0.490 e. The molecule has 1 N–H and O–H groups in total. The molecule has 0 spiro atoms. The van der Waals surface area contributed by atoms with Gasteiger partial charge in [-0.05, 0) is 66.5 Å². The van der Waals surface area contributed by atoms with E-state index in [9.17, 15) is 0 Å². The first kappa shape index (κ1) is 14.9. The van der Waals surface area contributed by atoms with Crippen molar-refractivity contribution in [3.63, 3.8) is 0 Å². The van der Waals surface area contributed by atoms with Crippen molar-refractivity contribution in [3.8, 4) is 5.75 Å². The first-order valence-corrected chi connectivity index (χ1v) is 7.59. The molecule has 0 unspecified atom stereocenters. The van der Waals surface area contributed by atoms with Crippen molar-refractivity contribution in [3.05, 3.63) is 58.1 Å². The number of hydrogen-bond acceptors (Lipinski definition) is 2. The molecule has 0 aliphatic rings. The lowest BCUT2D eigenvalue weighted by Crippen LogP contribution is -2.06. The van der Waals surface area contributed by atoms with E-state index in [0.717, 1.165) is 22.5 Å². The molecule has 2 rings (SSSR count). The van der Waals surface area contributed by atoms with Gasteiger partial charge in [-0.15, -0.1) is 0 Å². The van der Waals surface area contributed by atoms with Gasteiger partial charge in [0.15, 0.2) is 0 Å². The maximum absolute atomic E-state index is 5.71. The van der Waals surface area contributed by atoms with Crippen LogP contribution >= 0.6 is 15.9 Å². The Hall–Kier alpha value is -1.48. The smallest absolute Gasteiger partial charge is 0.133 e. The quantitative estimate of drug-likeness (QED) is 0.816. The number of halogens is 1. The molecule has 0 aliphatic carbocycles. The molecule has 3 heteroatoms. The second-order valence-electron chi connectivity index (χ2n) is 5.15. The molecule has 0 saturated carbocycles. The molecule has 0 saturated heterocycles. The lowest BCUT2D eigenvalue weighted by Gasteiger charge is -2.13. The van der Waals surface area contributed by atoms with E-state index < -0.39 is 0 Å². The third-order valence-electron chi connectivity index (χ3n) is 2.91. The van der Waals surface area contributed by atoms with Crippen LogP contribution in [0, 0.1) is 6.92 Å². The molecular weight excluding hydrogens is 314 g/mol. The molecule has 2 aromatic carbocycles. The summed E-state index contributed by atoms with van der Waals surface area (Å²) >= 11 is 3.56. The highest BCUT2D eigenvalue weighted by Gasteiger charge is 2.04. The number of benzene rings is 2. The summed E-state index contributed by atoms with van der Waals surface area (Å²) in [4.78, 5) is 0. The van der Waals surface area contributed by atoms with Gasteiger partial charge in [0.05, 0.1) is 10.6 Å². The van der Waals surface area contributed by atoms with Crippen molar-refractivity contribution in [1.82, 2.24) is 0 Å². The van der Waals surface area contributed by atoms with E-state index in [1.165, 1.54) is 11.1 Å². The fourth-order valence-corrected chi connectivity index (χ4v) is 2.40. The second-order valence-corrected chi connectivity index (χ2v) is 6.01. The highest BCUT2D eigenvalue weighted by Crippen LogP contribution is 2.27. The fourth-order valence-electron chi connectivity index (χ4n) is 1.88. The molecule has 0 atom stereocenters. The van der Waals surface area contributed by atoms with Crippen LogP contribution in [0.2, 0.25) is 0 Å². The third kappa shape index (κ3) is 4.27. The number of ether oxygens (including phenoxy) is 1. The van der Waals surface area contributed by atoms with Gasteiger partial charge < -0.3 is 10.1 Å². The van der Waals surface area contributed by atoms with Gasteiger partial charge in [0.25, 0.3) is 0 Å². The average molecular weight is 334 g/mol. The Bertz CT molecular complexity index is 564. The molecule has 2 nitrogen and oxygen atoms in total. The molecule has 0 radical (unpaired) electrons. The summed E-state index contributed by atoms with van der Waals surface area (Å²) in [5, 5.41) is 3.41. The summed E-state index contributed by atoms with van der Waals surface area (Å²) in [6.45, 7) is 6.94. The molecule has 2 aromatic rings. The van der Waals surface area contributed by atoms with Crippen molar-refractivity contribution in [2.45, 2.75) is 33.4 Å². The van der Waals surface area contributed by atoms with Crippen LogP contribution in [0.1, 0.15) is 25.0 Å². The summed E-state index contributed by atoms with van der Waals surface area (Å²) in [6.07, 6.45) is 0.183. The Morgan fingerprint density at radius 1 is 1.10 bits per heavy atom. The Morgan fingerprint density at radius 3 is 2.40 bits per heavy atom. The highest BCUT2D eigenvalue weighted by atomic mass is 79.9. The molecule has 0 bridgehead atoms. The van der Waals surface area contributed by atoms with E-state index in [-0.39, 0.29) is 6.10 Å². The van der Waals surface area contributed by atoms with Crippen molar-refractivity contribution < 1.29 is 4.74 Å². The van der Waals surface area contributed by atoms with Crippen LogP contribution in [0.5, 0.6) is 5.75 Å². The lowest BCUT2D eigenvalue weighted by atomic mass is 10.2. The van der Waals surface area contributed by atoms with Crippen LogP contribution in [0.15, 0.2) is 46.9 Å². The molecule has 106 valence electrons. The first-order valence-electron chi connectivity index (χ1n) is 6.80. The molecule has 20 heavy (non-hydrogen) atoms. The Morgan fingerprint density at radius 2 is 1.80 bits per heavy atom. The monoisotopic (exact) mass is 333 g/mol. The zero-order chi connectivity index (χ0) is 14.5. The van der Waals surface area contributed by atoms with Gasteiger partial charge in [-0.1, -0.05) is 23.8 Å². The molecule has 0 heterocycles. The number of aryl methyl sites for hydroxylation is 1. The number of nitrogens with one attached hydrogen (secondary N) is 1. The Balaban J connectivity index is 1.99. The van der Waals surface area contributed by atoms with Crippen LogP contribution in [-0.2, 0) is 6.54 Å². The zero-order valence-electron chi connectivity index (χ0n) is 12.1. The maximum Gasteiger partial charge on any atom is 0.133 e. The van der Waals surface area contributed by atoms with E-state index >= 15 is 0 Å². The van der Waals surface area contributed by atoms with Gasteiger partial charge in [0, 0.05) is 12.2 Å². The Labute approximate surface area is 129 Å². The second kappa shape index (κ2) is 6.80. The van der Waals surface area contributed by atoms with Crippen LogP contribution in [0.4, 0.5) is 5.69 Å². The molecule has 0 fully saturated rings. The summed E-state index contributed by atoms with van der Waals surface area (Å²) in [5.74, 6) is 0.888. The van der Waals surface area contributed by atoms with Crippen LogP contribution in [0.3, 0.4) is 0 Å². The lowest BCUT2D eigenvalue weighted by molar-refractivity contribution is 0.241. The number of rotatable bonds is 5. The maximum atomic E-state index is 5.71. The minimum atomic E-state index is 0.183. The normalized spacial score (nSPS) is 10.7. The molecular formula is C17H20BrNO. The van der Waals surface area contributed by atoms with Gasteiger partial charge >= 0.3 is 0 Å². The predicted molar refractivity (Wildman–Crippen MR) is 88.4 cm³/mol. The van der Waals surface area contributed by atoms with Gasteiger partial charge in [0.1, 0.15) is 5.75 Å². The van der Waals surface area contributed by atoms with Crippen LogP contribution in [-0.4, -0.2) is 6.10 Å². The summed E-state index contributed by atoms with van der Waals surface area (Å²) < 4.78 is 6.70. The van der Waals surface area contributed by atoms with E-state index in [4.69, 9.17) is 4.74 Å². The minimum absolute atomic E-state index is 0.183. The van der Waals surface area contributed by atoms with E-state index in [1.54, 1.807) is 0 Å². The zero-order valence-corrected chi connectivity index (χ0v) is 13.7. The van der Waals surface area contributed by atoms with Crippen molar-refractivity contribution >= 4 is 21.6 Å². The number of anilines is 1. The van der Waals surface area contributed by atoms with Crippen molar-refractivity contribution in [2.75, 3.05) is 5.32 Å². The van der Waals surface area contributed by atoms with Crippen molar-refractivity contribution in [2.24, 2.45) is 0 Å². The standard InChI is InChI=1S/C17H20BrNO/c1-12(2)20-17-9-6-14(10-16(17)18)11-19-15-7-4-13(3)5-8-15/h4-10,12,19H,11H2,1-3H3. The Kier molecular flexibility index (Phi) is 5.07. The van der Waals surface area contributed by atoms with Crippen molar-refractivity contribution in [1.29, 1.82) is 0 Å². The first-order chi connectivity index (χ1) is 9.54. The molecule has 0 aromatic heterocycles. The summed E-state index contributed by atoms with van der Waals surface area (Å²) in [7, 11) is 0. The molecule has 0 amide bonds. The average Bonchev–Trinajstić information content (AvgIpc) is 2.40. The van der Waals surface area contributed by atoms with E-state index in [0.29, 0.717) is 0 Å².